The molecule has 0 radical (unpaired) electrons. The highest BCUT2D eigenvalue weighted by molar-refractivity contribution is 7.98. The van der Waals surface area contributed by atoms with Crippen LogP contribution in [0.1, 0.15) is 22.3 Å². The number of benzene rings is 3. The molecular weight excluding hydrogens is 454 g/mol. The second-order valence-electron chi connectivity index (χ2n) is 8.02. The average molecular weight is 476 g/mol. The van der Waals surface area contributed by atoms with Gasteiger partial charge in [-0.05, 0) is 43.2 Å². The number of aromatic nitrogens is 2. The quantitative estimate of drug-likeness (QED) is 0.172. The van der Waals surface area contributed by atoms with Crippen molar-refractivity contribution in [1.82, 2.24) is 9.55 Å². The maximum absolute atomic E-state index is 13.6. The van der Waals surface area contributed by atoms with E-state index in [1.165, 1.54) is 23.9 Å². The first-order valence-electron chi connectivity index (χ1n) is 10.7. The second-order valence-corrected chi connectivity index (χ2v) is 8.96. The molecule has 9 heteroatoms. The van der Waals surface area contributed by atoms with Gasteiger partial charge in [-0.1, -0.05) is 36.0 Å². The molecule has 0 atom stereocenters. The van der Waals surface area contributed by atoms with Gasteiger partial charge >= 0.3 is 0 Å². The van der Waals surface area contributed by atoms with E-state index < -0.39 is 4.92 Å². The van der Waals surface area contributed by atoms with Crippen molar-refractivity contribution in [3.05, 3.63) is 97.3 Å². The summed E-state index contributed by atoms with van der Waals surface area (Å²) < 4.78 is 12.6. The number of ether oxygens (including phenoxy) is 2. The van der Waals surface area contributed by atoms with Gasteiger partial charge in [-0.15, -0.1) is 0 Å². The lowest BCUT2D eigenvalue weighted by Gasteiger charge is -2.21. The molecule has 0 aliphatic carbocycles. The number of hydrogen-bond donors (Lipinski definition) is 0. The van der Waals surface area contributed by atoms with Gasteiger partial charge < -0.3 is 9.47 Å². The van der Waals surface area contributed by atoms with Crippen LogP contribution in [0.25, 0.3) is 16.6 Å². The van der Waals surface area contributed by atoms with Crippen LogP contribution in [0.15, 0.2) is 64.5 Å². The van der Waals surface area contributed by atoms with Gasteiger partial charge in [0, 0.05) is 29.0 Å². The van der Waals surface area contributed by atoms with Crippen LogP contribution in [0.5, 0.6) is 5.75 Å². The Morgan fingerprint density at radius 3 is 2.79 bits per heavy atom. The number of fused-ring (bicyclic) bond motifs is 2. The van der Waals surface area contributed by atoms with E-state index in [1.807, 2.05) is 50.2 Å². The highest BCUT2D eigenvalue weighted by Crippen LogP contribution is 2.36. The summed E-state index contributed by atoms with van der Waals surface area (Å²) in [7, 11) is 0. The van der Waals surface area contributed by atoms with Crippen LogP contribution in [0.3, 0.4) is 0 Å². The molecule has 8 nitrogen and oxygen atoms in total. The fourth-order valence-electron chi connectivity index (χ4n) is 4.04. The van der Waals surface area contributed by atoms with Crippen LogP contribution in [0.2, 0.25) is 0 Å². The Kier molecular flexibility index (Phi) is 5.80. The summed E-state index contributed by atoms with van der Waals surface area (Å²) in [6.07, 6.45) is 0. The normalized spacial score (nSPS) is 12.9. The third-order valence-electron chi connectivity index (χ3n) is 5.90. The van der Waals surface area contributed by atoms with Crippen LogP contribution in [0.4, 0.5) is 5.69 Å². The molecule has 3 aromatic carbocycles. The van der Waals surface area contributed by atoms with Gasteiger partial charge in [-0.2, -0.15) is 0 Å². The summed E-state index contributed by atoms with van der Waals surface area (Å²) in [4.78, 5) is 29.4. The van der Waals surface area contributed by atoms with Gasteiger partial charge in [0.05, 0.1) is 28.1 Å². The number of aryl methyl sites for hydroxylation is 1. The van der Waals surface area contributed by atoms with Gasteiger partial charge in [-0.3, -0.25) is 19.5 Å². The molecule has 0 N–H and O–H groups in total. The van der Waals surface area contributed by atoms with E-state index in [1.54, 1.807) is 10.6 Å². The lowest BCUT2D eigenvalue weighted by Crippen LogP contribution is -2.22. The smallest absolute Gasteiger partial charge is 0.270 e. The molecule has 0 bridgehead atoms. The topological polar surface area (TPSA) is 96.5 Å². The molecule has 1 aromatic heterocycles. The maximum Gasteiger partial charge on any atom is 0.270 e. The van der Waals surface area contributed by atoms with Crippen LogP contribution in [0, 0.1) is 24.0 Å². The fraction of sp³-hybridized carbons (Fsp3) is 0.200. The summed E-state index contributed by atoms with van der Waals surface area (Å²) >= 11 is 1.34. The molecule has 0 amide bonds. The molecule has 0 spiro atoms. The largest absolute Gasteiger partial charge is 0.467 e. The number of nitro groups is 1. The lowest BCUT2D eigenvalue weighted by molar-refractivity contribution is -0.385. The van der Waals surface area contributed by atoms with Crippen molar-refractivity contribution < 1.29 is 14.4 Å². The molecule has 1 aliphatic rings. The van der Waals surface area contributed by atoms with E-state index in [9.17, 15) is 14.9 Å². The van der Waals surface area contributed by atoms with E-state index in [2.05, 4.69) is 0 Å². The molecule has 34 heavy (non-hydrogen) atoms. The predicted molar refractivity (Wildman–Crippen MR) is 130 cm³/mol. The highest BCUT2D eigenvalue weighted by Gasteiger charge is 2.22. The minimum Gasteiger partial charge on any atom is -0.467 e. The van der Waals surface area contributed by atoms with E-state index in [0.717, 1.165) is 16.8 Å². The van der Waals surface area contributed by atoms with Crippen molar-refractivity contribution in [1.29, 1.82) is 0 Å². The standard InChI is InChI=1S/C25H21N3O5S/c1-15-6-5-9-22(16(15)2)27-24(29)20-7-3-4-8-21(20)26-25(27)34-13-18-11-19(28(30)31)10-17-12-32-14-33-23(17)18/h3-11H,12-14H2,1-2H3. The zero-order chi connectivity index (χ0) is 23.8. The first-order valence-corrected chi connectivity index (χ1v) is 11.6. The van der Waals surface area contributed by atoms with Crippen LogP contribution < -0.4 is 10.3 Å². The SMILES string of the molecule is Cc1cccc(-n2c(SCc3cc([N+](=O)[O-])cc4c3OCOC4)nc3ccccc3c2=O)c1C. The summed E-state index contributed by atoms with van der Waals surface area (Å²) in [5.41, 5.74) is 4.52. The number of thioether (sulfide) groups is 1. The monoisotopic (exact) mass is 475 g/mol. The Bertz CT molecular complexity index is 1500. The third-order valence-corrected chi connectivity index (χ3v) is 6.89. The van der Waals surface area contributed by atoms with Crippen molar-refractivity contribution in [2.45, 2.75) is 31.4 Å². The van der Waals surface area contributed by atoms with E-state index in [0.29, 0.717) is 38.7 Å². The van der Waals surface area contributed by atoms with Gasteiger partial charge in [0.15, 0.2) is 11.9 Å². The van der Waals surface area contributed by atoms with E-state index in [-0.39, 0.29) is 24.6 Å². The minimum atomic E-state index is -0.427. The summed E-state index contributed by atoms with van der Waals surface area (Å²) in [5, 5.41) is 12.5. The Morgan fingerprint density at radius 2 is 1.97 bits per heavy atom. The predicted octanol–water partition coefficient (Wildman–Crippen LogP) is 5.07. The van der Waals surface area contributed by atoms with Crippen molar-refractivity contribution >= 4 is 28.4 Å². The molecule has 1 aliphatic heterocycles. The molecule has 0 saturated heterocycles. The van der Waals surface area contributed by atoms with Gasteiger partial charge in [0.1, 0.15) is 5.75 Å². The van der Waals surface area contributed by atoms with Crippen LogP contribution in [-0.4, -0.2) is 21.3 Å². The highest BCUT2D eigenvalue weighted by atomic mass is 32.2. The van der Waals surface area contributed by atoms with Gasteiger partial charge in [0.2, 0.25) is 0 Å². The number of nitro benzene ring substituents is 1. The third kappa shape index (κ3) is 3.93. The van der Waals surface area contributed by atoms with E-state index in [4.69, 9.17) is 14.5 Å². The maximum atomic E-state index is 13.6. The molecule has 0 unspecified atom stereocenters. The molecule has 172 valence electrons. The molecule has 0 saturated carbocycles. The zero-order valence-electron chi connectivity index (χ0n) is 18.6. The van der Waals surface area contributed by atoms with E-state index >= 15 is 0 Å². The Morgan fingerprint density at radius 1 is 1.15 bits per heavy atom. The molecule has 0 fully saturated rings. The van der Waals surface area contributed by atoms with Crippen LogP contribution in [-0.2, 0) is 17.1 Å². The number of rotatable bonds is 5. The average Bonchev–Trinajstić information content (AvgIpc) is 2.84. The van der Waals surface area contributed by atoms with Crippen LogP contribution >= 0.6 is 11.8 Å². The summed E-state index contributed by atoms with van der Waals surface area (Å²) in [6, 6.07) is 16.0. The first-order chi connectivity index (χ1) is 16.4. The Hall–Kier alpha value is -3.69. The molecular formula is C25H21N3O5S. The zero-order valence-corrected chi connectivity index (χ0v) is 19.4. The van der Waals surface area contributed by atoms with Gasteiger partial charge in [0.25, 0.3) is 11.2 Å². The second kappa shape index (κ2) is 8.92. The Labute approximate surface area is 199 Å². The summed E-state index contributed by atoms with van der Waals surface area (Å²) in [6.45, 7) is 4.31. The number of hydrogen-bond acceptors (Lipinski definition) is 7. The minimum absolute atomic E-state index is 0.0261. The van der Waals surface area contributed by atoms with Crippen molar-refractivity contribution in [3.63, 3.8) is 0 Å². The fourth-order valence-corrected chi connectivity index (χ4v) is 5.01. The van der Waals surface area contributed by atoms with Crippen molar-refractivity contribution in [3.8, 4) is 11.4 Å². The molecule has 5 rings (SSSR count). The molecule has 4 aromatic rings. The van der Waals surface area contributed by atoms with Gasteiger partial charge in [-0.25, -0.2) is 4.98 Å². The Balaban J connectivity index is 1.64. The lowest BCUT2D eigenvalue weighted by atomic mass is 10.1. The summed E-state index contributed by atoms with van der Waals surface area (Å²) in [5.74, 6) is 0.922. The molecule has 2 heterocycles. The van der Waals surface area contributed by atoms with Crippen molar-refractivity contribution in [2.75, 3.05) is 6.79 Å². The number of nitrogens with zero attached hydrogens (tertiary/aromatic N) is 3. The number of para-hydroxylation sites is 1. The first kappa shape index (κ1) is 22.1. The van der Waals surface area contributed by atoms with Crippen molar-refractivity contribution in [2.24, 2.45) is 0 Å². The number of non-ortho nitro benzene ring substituents is 1.